The van der Waals surface area contributed by atoms with E-state index in [1.807, 2.05) is 6.07 Å². The van der Waals surface area contributed by atoms with Crippen LogP contribution in [0.5, 0.6) is 0 Å². The Balaban J connectivity index is 2.08. The van der Waals surface area contributed by atoms with Crippen LogP contribution in [-0.2, 0) is 0 Å². The number of benzene rings is 1. The molecule has 3 rings (SSSR count). The van der Waals surface area contributed by atoms with Crippen LogP contribution in [0.1, 0.15) is 30.0 Å². The van der Waals surface area contributed by atoms with Crippen LogP contribution >= 0.6 is 0 Å². The summed E-state index contributed by atoms with van der Waals surface area (Å²) in [5, 5.41) is 4.52. The first-order valence-corrected chi connectivity index (χ1v) is 6.78. The van der Waals surface area contributed by atoms with Crippen LogP contribution in [0.25, 0.3) is 11.0 Å². The molecule has 1 unspecified atom stereocenters. The molecule has 0 saturated carbocycles. The van der Waals surface area contributed by atoms with Crippen molar-refractivity contribution < 1.29 is 4.42 Å². The van der Waals surface area contributed by atoms with Crippen molar-refractivity contribution in [2.45, 2.75) is 19.9 Å². The first-order valence-electron chi connectivity index (χ1n) is 6.78. The lowest BCUT2D eigenvalue weighted by Crippen LogP contribution is -2.22. The fourth-order valence-electron chi connectivity index (χ4n) is 2.39. The Morgan fingerprint density at radius 2 is 2.20 bits per heavy atom. The lowest BCUT2D eigenvalue weighted by Gasteiger charge is -2.14. The minimum Gasteiger partial charge on any atom is -0.459 e. The molecule has 1 N–H and O–H groups in total. The molecular formula is C16H17N3O. The van der Waals surface area contributed by atoms with E-state index in [9.17, 15) is 0 Å². The minimum absolute atomic E-state index is 0.0690. The third kappa shape index (κ3) is 2.30. The van der Waals surface area contributed by atoms with E-state index < -0.39 is 0 Å². The maximum Gasteiger partial charge on any atom is 0.137 e. The predicted octanol–water partition coefficient (Wildman–Crippen LogP) is 3.23. The van der Waals surface area contributed by atoms with E-state index in [2.05, 4.69) is 47.3 Å². The number of para-hydroxylation sites is 1. The lowest BCUT2D eigenvalue weighted by atomic mass is 10.1. The van der Waals surface area contributed by atoms with Gasteiger partial charge in [0.1, 0.15) is 17.4 Å². The van der Waals surface area contributed by atoms with Crippen molar-refractivity contribution in [3.05, 3.63) is 59.9 Å². The third-order valence-electron chi connectivity index (χ3n) is 3.33. The van der Waals surface area contributed by atoms with Crippen molar-refractivity contribution >= 4 is 11.0 Å². The van der Waals surface area contributed by atoms with Crippen LogP contribution in [0, 0.1) is 6.92 Å². The molecule has 0 spiro atoms. The molecule has 2 aromatic heterocycles. The van der Waals surface area contributed by atoms with E-state index in [0.29, 0.717) is 0 Å². The maximum absolute atomic E-state index is 6.04. The molecule has 0 amide bonds. The third-order valence-corrected chi connectivity index (χ3v) is 3.33. The van der Waals surface area contributed by atoms with Crippen molar-refractivity contribution in [2.24, 2.45) is 0 Å². The second-order valence-corrected chi connectivity index (χ2v) is 4.76. The number of hydrogen-bond acceptors (Lipinski definition) is 4. The molecule has 4 nitrogen and oxygen atoms in total. The molecule has 2 heterocycles. The maximum atomic E-state index is 6.04. The fourth-order valence-corrected chi connectivity index (χ4v) is 2.39. The van der Waals surface area contributed by atoms with Crippen LogP contribution in [0.3, 0.4) is 0 Å². The molecule has 0 aliphatic rings. The number of nitrogens with zero attached hydrogens (tertiary/aromatic N) is 2. The summed E-state index contributed by atoms with van der Waals surface area (Å²) in [4.78, 5) is 8.52. The molecule has 1 aromatic carbocycles. The van der Waals surface area contributed by atoms with Gasteiger partial charge in [0.25, 0.3) is 0 Å². The van der Waals surface area contributed by atoms with Gasteiger partial charge in [0, 0.05) is 17.8 Å². The van der Waals surface area contributed by atoms with Crippen molar-refractivity contribution in [3.63, 3.8) is 0 Å². The summed E-state index contributed by atoms with van der Waals surface area (Å²) in [5.74, 6) is 0.872. The van der Waals surface area contributed by atoms with Crippen molar-refractivity contribution in [1.29, 1.82) is 0 Å². The zero-order valence-corrected chi connectivity index (χ0v) is 11.6. The predicted molar refractivity (Wildman–Crippen MR) is 78.5 cm³/mol. The monoisotopic (exact) mass is 267 g/mol. The summed E-state index contributed by atoms with van der Waals surface area (Å²) in [6, 6.07) is 8.17. The van der Waals surface area contributed by atoms with E-state index in [0.717, 1.165) is 34.5 Å². The van der Waals surface area contributed by atoms with Crippen LogP contribution in [0.4, 0.5) is 0 Å². The molecule has 0 saturated heterocycles. The summed E-state index contributed by atoms with van der Waals surface area (Å²) in [7, 11) is 0. The zero-order valence-electron chi connectivity index (χ0n) is 11.6. The Labute approximate surface area is 117 Å². The average Bonchev–Trinajstić information content (AvgIpc) is 2.91. The van der Waals surface area contributed by atoms with Crippen molar-refractivity contribution in [1.82, 2.24) is 15.3 Å². The Kier molecular flexibility index (Phi) is 3.48. The number of aryl methyl sites for hydroxylation is 1. The molecule has 20 heavy (non-hydrogen) atoms. The number of fused-ring (bicyclic) bond motifs is 1. The van der Waals surface area contributed by atoms with Gasteiger partial charge in [-0.3, -0.25) is 9.97 Å². The lowest BCUT2D eigenvalue weighted by molar-refractivity contribution is 0.469. The first kappa shape index (κ1) is 12.8. The summed E-state index contributed by atoms with van der Waals surface area (Å²) in [5.41, 5.74) is 2.95. The molecule has 0 aliphatic heterocycles. The van der Waals surface area contributed by atoms with Gasteiger partial charge in [-0.25, -0.2) is 0 Å². The van der Waals surface area contributed by atoms with Gasteiger partial charge in [0.05, 0.1) is 11.9 Å². The Morgan fingerprint density at radius 1 is 1.30 bits per heavy atom. The summed E-state index contributed by atoms with van der Waals surface area (Å²) in [6.07, 6.45) is 5.15. The molecule has 0 bridgehead atoms. The second kappa shape index (κ2) is 5.43. The molecule has 0 fully saturated rings. The summed E-state index contributed by atoms with van der Waals surface area (Å²) < 4.78 is 6.04. The average molecular weight is 267 g/mol. The first-order chi connectivity index (χ1) is 9.79. The standard InChI is InChI=1S/C16H17N3O/c1-3-18-15(13-10-17-7-8-19-13)14-9-12-6-4-5-11(2)16(12)20-14/h4-10,15,18H,3H2,1-2H3. The van der Waals surface area contributed by atoms with Gasteiger partial charge in [-0.2, -0.15) is 0 Å². The molecule has 3 aromatic rings. The summed E-state index contributed by atoms with van der Waals surface area (Å²) >= 11 is 0. The number of aromatic nitrogens is 2. The highest BCUT2D eigenvalue weighted by Crippen LogP contribution is 2.28. The fraction of sp³-hybridized carbons (Fsp3) is 0.250. The van der Waals surface area contributed by atoms with Crippen LogP contribution in [0.2, 0.25) is 0 Å². The highest BCUT2D eigenvalue weighted by atomic mass is 16.3. The minimum atomic E-state index is -0.0690. The normalized spacial score (nSPS) is 12.7. The van der Waals surface area contributed by atoms with Crippen LogP contribution < -0.4 is 5.32 Å². The Hall–Kier alpha value is -2.20. The van der Waals surface area contributed by atoms with Gasteiger partial charge >= 0.3 is 0 Å². The molecule has 0 radical (unpaired) electrons. The smallest absolute Gasteiger partial charge is 0.137 e. The molecule has 102 valence electrons. The van der Waals surface area contributed by atoms with Gasteiger partial charge in [-0.15, -0.1) is 0 Å². The van der Waals surface area contributed by atoms with E-state index in [4.69, 9.17) is 4.42 Å². The molecule has 4 heteroatoms. The van der Waals surface area contributed by atoms with E-state index in [-0.39, 0.29) is 6.04 Å². The highest BCUT2D eigenvalue weighted by Gasteiger charge is 2.19. The largest absolute Gasteiger partial charge is 0.459 e. The number of nitrogens with one attached hydrogen (secondary N) is 1. The van der Waals surface area contributed by atoms with E-state index in [1.165, 1.54) is 0 Å². The van der Waals surface area contributed by atoms with Gasteiger partial charge in [-0.1, -0.05) is 25.1 Å². The Bertz CT molecular complexity index is 706. The van der Waals surface area contributed by atoms with Crippen molar-refractivity contribution in [3.8, 4) is 0 Å². The number of furan rings is 1. The second-order valence-electron chi connectivity index (χ2n) is 4.76. The Morgan fingerprint density at radius 3 is 2.90 bits per heavy atom. The number of hydrogen-bond donors (Lipinski definition) is 1. The molecule has 1 atom stereocenters. The van der Waals surface area contributed by atoms with Crippen molar-refractivity contribution in [2.75, 3.05) is 6.54 Å². The molecule has 0 aliphatic carbocycles. The topological polar surface area (TPSA) is 51.0 Å². The van der Waals surface area contributed by atoms with Gasteiger partial charge in [0.15, 0.2) is 0 Å². The van der Waals surface area contributed by atoms with Crippen LogP contribution in [-0.4, -0.2) is 16.5 Å². The van der Waals surface area contributed by atoms with Crippen LogP contribution in [0.15, 0.2) is 47.3 Å². The summed E-state index contributed by atoms with van der Waals surface area (Å²) in [6.45, 7) is 4.95. The molecular weight excluding hydrogens is 250 g/mol. The zero-order chi connectivity index (χ0) is 13.9. The van der Waals surface area contributed by atoms with Gasteiger partial charge in [-0.05, 0) is 25.1 Å². The van der Waals surface area contributed by atoms with Gasteiger partial charge < -0.3 is 9.73 Å². The highest BCUT2D eigenvalue weighted by molar-refractivity contribution is 5.81. The van der Waals surface area contributed by atoms with E-state index in [1.54, 1.807) is 18.6 Å². The quantitative estimate of drug-likeness (QED) is 0.788. The SMILES string of the molecule is CCNC(c1cnccn1)c1cc2cccc(C)c2o1. The number of rotatable bonds is 4. The van der Waals surface area contributed by atoms with Gasteiger partial charge in [0.2, 0.25) is 0 Å². The van der Waals surface area contributed by atoms with E-state index >= 15 is 0 Å².